The molecule has 2 heterocycles. The molecule has 0 spiro atoms. The van der Waals surface area contributed by atoms with E-state index in [-0.39, 0.29) is 35.0 Å². The number of rotatable bonds is 6. The highest BCUT2D eigenvalue weighted by molar-refractivity contribution is 6.32. The lowest BCUT2D eigenvalue weighted by molar-refractivity contribution is -0.137. The Morgan fingerprint density at radius 3 is 2.68 bits per heavy atom. The summed E-state index contributed by atoms with van der Waals surface area (Å²) in [6, 6.07) is 6.30. The van der Waals surface area contributed by atoms with Crippen molar-refractivity contribution in [1.82, 2.24) is 10.3 Å². The summed E-state index contributed by atoms with van der Waals surface area (Å²) < 4.78 is 48.5. The predicted octanol–water partition coefficient (Wildman–Crippen LogP) is 3.89. The van der Waals surface area contributed by atoms with Gasteiger partial charge in [0, 0.05) is 19.2 Å². The summed E-state index contributed by atoms with van der Waals surface area (Å²) in [5.41, 5.74) is 0.256. The van der Waals surface area contributed by atoms with Gasteiger partial charge in [0.05, 0.1) is 24.3 Å². The van der Waals surface area contributed by atoms with Gasteiger partial charge in [0.25, 0.3) is 5.91 Å². The number of ether oxygens (including phenoxy) is 2. The molecule has 0 bridgehead atoms. The number of carbonyl (C=O) groups excluding carboxylic acids is 1. The van der Waals surface area contributed by atoms with E-state index in [0.717, 1.165) is 18.6 Å². The van der Waals surface area contributed by atoms with Gasteiger partial charge in [-0.05, 0) is 30.2 Å². The Morgan fingerprint density at radius 1 is 1.32 bits per heavy atom. The summed E-state index contributed by atoms with van der Waals surface area (Å²) in [5.74, 6) is -0.129. The van der Waals surface area contributed by atoms with E-state index in [4.69, 9.17) is 21.1 Å². The topological polar surface area (TPSA) is 60.5 Å². The Balaban J connectivity index is 1.51. The minimum absolute atomic E-state index is 0.103. The van der Waals surface area contributed by atoms with E-state index in [1.807, 2.05) is 0 Å². The average Bonchev–Trinajstić information content (AvgIpc) is 3.16. The molecule has 0 aliphatic carbocycles. The summed E-state index contributed by atoms with van der Waals surface area (Å²) in [5, 5.41) is 2.92. The van der Waals surface area contributed by atoms with Crippen molar-refractivity contribution in [1.29, 1.82) is 0 Å². The molecular formula is C19H18ClF3N2O3. The van der Waals surface area contributed by atoms with Crippen LogP contribution in [0, 0.1) is 0 Å². The first-order valence-corrected chi connectivity index (χ1v) is 9.05. The van der Waals surface area contributed by atoms with Gasteiger partial charge in [-0.25, -0.2) is 4.98 Å². The number of benzene rings is 1. The summed E-state index contributed by atoms with van der Waals surface area (Å²) in [6.45, 7) is 1.37. The molecule has 1 saturated heterocycles. The van der Waals surface area contributed by atoms with E-state index in [0.29, 0.717) is 25.2 Å². The number of hydrogen-bond donors (Lipinski definition) is 1. The summed E-state index contributed by atoms with van der Waals surface area (Å²) in [7, 11) is 0. The van der Waals surface area contributed by atoms with Crippen LogP contribution in [0.15, 0.2) is 36.5 Å². The van der Waals surface area contributed by atoms with Gasteiger partial charge in [0.15, 0.2) is 0 Å². The van der Waals surface area contributed by atoms with E-state index in [1.54, 1.807) is 0 Å². The summed E-state index contributed by atoms with van der Waals surface area (Å²) in [4.78, 5) is 16.3. The van der Waals surface area contributed by atoms with E-state index >= 15 is 0 Å². The molecule has 9 heteroatoms. The van der Waals surface area contributed by atoms with Crippen molar-refractivity contribution in [2.24, 2.45) is 0 Å². The van der Waals surface area contributed by atoms with Crippen LogP contribution >= 0.6 is 11.6 Å². The van der Waals surface area contributed by atoms with E-state index in [9.17, 15) is 18.0 Å². The number of halogens is 4. The van der Waals surface area contributed by atoms with Crippen LogP contribution in [0.1, 0.15) is 27.9 Å². The van der Waals surface area contributed by atoms with Gasteiger partial charge in [-0.3, -0.25) is 4.79 Å². The summed E-state index contributed by atoms with van der Waals surface area (Å²) >= 11 is 6.13. The lowest BCUT2D eigenvalue weighted by Gasteiger charge is -2.12. The van der Waals surface area contributed by atoms with Gasteiger partial charge in [0.1, 0.15) is 11.1 Å². The normalized spacial score (nSPS) is 16.8. The fraction of sp³-hybridized carbons (Fsp3) is 0.368. The van der Waals surface area contributed by atoms with Crippen LogP contribution in [-0.4, -0.2) is 36.8 Å². The molecule has 0 radical (unpaired) electrons. The van der Waals surface area contributed by atoms with E-state index < -0.39 is 11.7 Å². The fourth-order valence-electron chi connectivity index (χ4n) is 2.68. The fourth-order valence-corrected chi connectivity index (χ4v) is 2.89. The third-order valence-corrected chi connectivity index (χ3v) is 4.49. The van der Waals surface area contributed by atoms with Crippen LogP contribution in [-0.2, 0) is 17.3 Å². The molecule has 1 aliphatic rings. The van der Waals surface area contributed by atoms with Crippen molar-refractivity contribution in [3.05, 3.63) is 58.2 Å². The number of aromatic nitrogens is 1. The first kappa shape index (κ1) is 20.4. The number of carbonyl (C=O) groups is 1. The van der Waals surface area contributed by atoms with Gasteiger partial charge in [-0.1, -0.05) is 23.7 Å². The maximum Gasteiger partial charge on any atom is 0.416 e. The minimum atomic E-state index is -4.36. The maximum absolute atomic E-state index is 12.6. The van der Waals surface area contributed by atoms with Gasteiger partial charge in [0.2, 0.25) is 5.88 Å². The van der Waals surface area contributed by atoms with Gasteiger partial charge in [-0.2, -0.15) is 13.2 Å². The Hall–Kier alpha value is -2.32. The third kappa shape index (κ3) is 5.36. The first-order chi connectivity index (χ1) is 13.3. The second-order valence-electron chi connectivity index (χ2n) is 6.32. The van der Waals surface area contributed by atoms with Crippen LogP contribution in [0.3, 0.4) is 0 Å². The number of alkyl halides is 3. The highest BCUT2D eigenvalue weighted by atomic mass is 35.5. The molecule has 150 valence electrons. The van der Waals surface area contributed by atoms with Crippen molar-refractivity contribution >= 4 is 17.5 Å². The number of pyridine rings is 1. The molecule has 0 unspecified atom stereocenters. The van der Waals surface area contributed by atoms with Gasteiger partial charge < -0.3 is 14.8 Å². The molecule has 1 atom stereocenters. The number of amides is 1. The highest BCUT2D eigenvalue weighted by Crippen LogP contribution is 2.29. The summed E-state index contributed by atoms with van der Waals surface area (Å²) in [6.07, 6.45) is -1.95. The monoisotopic (exact) mass is 414 g/mol. The molecule has 0 saturated carbocycles. The number of nitrogens with zero attached hydrogens (tertiary/aromatic N) is 1. The molecule has 1 amide bonds. The minimum Gasteiger partial charge on any atom is -0.471 e. The number of hydrogen-bond acceptors (Lipinski definition) is 4. The molecule has 5 nitrogen and oxygen atoms in total. The average molecular weight is 415 g/mol. The first-order valence-electron chi connectivity index (χ1n) is 8.67. The van der Waals surface area contributed by atoms with Crippen molar-refractivity contribution in [3.63, 3.8) is 0 Å². The molecule has 1 N–H and O–H groups in total. The maximum atomic E-state index is 12.6. The van der Waals surface area contributed by atoms with Crippen molar-refractivity contribution < 1.29 is 27.4 Å². The van der Waals surface area contributed by atoms with Crippen LogP contribution in [0.2, 0.25) is 5.02 Å². The standard InChI is InChI=1S/C19H18ClF3N2O3/c20-16-9-13(10-25-18(16)28-15-6-8-27-11-15)17(26)24-7-5-12-1-3-14(4-2-12)19(21,22)23/h1-4,9-10,15H,5-8,11H2,(H,24,26)/t15-/m0/s1. The Kier molecular flexibility index (Phi) is 6.41. The Labute approximate surface area is 164 Å². The van der Waals surface area contributed by atoms with E-state index in [1.165, 1.54) is 24.4 Å². The third-order valence-electron chi connectivity index (χ3n) is 4.22. The Morgan fingerprint density at radius 2 is 2.07 bits per heavy atom. The van der Waals surface area contributed by atoms with Crippen molar-refractivity contribution in [2.75, 3.05) is 19.8 Å². The van der Waals surface area contributed by atoms with Crippen molar-refractivity contribution in [3.8, 4) is 5.88 Å². The molecule has 2 aromatic rings. The molecule has 3 rings (SSSR count). The predicted molar refractivity (Wildman–Crippen MR) is 96.6 cm³/mol. The SMILES string of the molecule is O=C(NCCc1ccc(C(F)(F)F)cc1)c1cnc(O[C@H]2CCOC2)c(Cl)c1. The van der Waals surface area contributed by atoms with Crippen LogP contribution in [0.25, 0.3) is 0 Å². The van der Waals surface area contributed by atoms with Crippen molar-refractivity contribution in [2.45, 2.75) is 25.1 Å². The molecular weight excluding hydrogens is 397 g/mol. The van der Waals surface area contributed by atoms with Crippen LogP contribution in [0.5, 0.6) is 5.88 Å². The molecule has 1 aliphatic heterocycles. The molecule has 1 aromatic heterocycles. The lowest BCUT2D eigenvalue weighted by Crippen LogP contribution is -2.26. The molecule has 1 fully saturated rings. The molecule has 28 heavy (non-hydrogen) atoms. The molecule has 1 aromatic carbocycles. The second kappa shape index (κ2) is 8.79. The largest absolute Gasteiger partial charge is 0.471 e. The number of nitrogens with one attached hydrogen (secondary N) is 1. The van der Waals surface area contributed by atoms with E-state index in [2.05, 4.69) is 10.3 Å². The lowest BCUT2D eigenvalue weighted by atomic mass is 10.1. The van der Waals surface area contributed by atoms with Crippen LogP contribution < -0.4 is 10.1 Å². The zero-order chi connectivity index (χ0) is 20.1. The second-order valence-corrected chi connectivity index (χ2v) is 6.72. The highest BCUT2D eigenvalue weighted by Gasteiger charge is 2.29. The smallest absolute Gasteiger partial charge is 0.416 e. The Bertz CT molecular complexity index is 822. The van der Waals surface area contributed by atoms with Gasteiger partial charge in [-0.15, -0.1) is 0 Å². The quantitative estimate of drug-likeness (QED) is 0.779. The zero-order valence-electron chi connectivity index (χ0n) is 14.8. The van der Waals surface area contributed by atoms with Gasteiger partial charge >= 0.3 is 6.18 Å². The van der Waals surface area contributed by atoms with Crippen LogP contribution in [0.4, 0.5) is 13.2 Å². The zero-order valence-corrected chi connectivity index (χ0v) is 15.5.